The maximum atomic E-state index is 12.5. The first-order valence-electron chi connectivity index (χ1n) is 10.5. The molecule has 4 aromatic rings. The summed E-state index contributed by atoms with van der Waals surface area (Å²) in [6.45, 7) is 3.47. The zero-order valence-corrected chi connectivity index (χ0v) is 18.7. The SMILES string of the molecule is Cc1ccccc1C(=O)NCCn1cc(SCC(=O)NCc2ccco2)c2ccccc21. The summed E-state index contributed by atoms with van der Waals surface area (Å²) in [5.41, 5.74) is 2.73. The van der Waals surface area contributed by atoms with E-state index in [1.54, 1.807) is 12.3 Å². The Balaban J connectivity index is 1.36. The molecule has 0 aliphatic rings. The number of rotatable bonds is 9. The van der Waals surface area contributed by atoms with Crippen molar-refractivity contribution >= 4 is 34.5 Å². The second-order valence-electron chi connectivity index (χ2n) is 7.42. The monoisotopic (exact) mass is 447 g/mol. The van der Waals surface area contributed by atoms with E-state index >= 15 is 0 Å². The number of amides is 2. The summed E-state index contributed by atoms with van der Waals surface area (Å²) < 4.78 is 7.36. The van der Waals surface area contributed by atoms with Crippen molar-refractivity contribution in [2.75, 3.05) is 12.3 Å². The van der Waals surface area contributed by atoms with Gasteiger partial charge in [0.2, 0.25) is 5.91 Å². The average Bonchev–Trinajstić information content (AvgIpc) is 3.45. The number of hydrogen-bond donors (Lipinski definition) is 2. The average molecular weight is 448 g/mol. The number of carbonyl (C=O) groups excluding carboxylic acids is 2. The number of furan rings is 1. The number of fused-ring (bicyclic) bond motifs is 1. The van der Waals surface area contributed by atoms with Gasteiger partial charge in [-0.3, -0.25) is 9.59 Å². The first-order valence-corrected chi connectivity index (χ1v) is 11.4. The topological polar surface area (TPSA) is 76.3 Å². The molecular formula is C25H25N3O3S. The summed E-state index contributed by atoms with van der Waals surface area (Å²) >= 11 is 1.50. The summed E-state index contributed by atoms with van der Waals surface area (Å²) in [6, 6.07) is 19.3. The van der Waals surface area contributed by atoms with Gasteiger partial charge in [-0.05, 0) is 36.8 Å². The van der Waals surface area contributed by atoms with E-state index in [0.29, 0.717) is 31.0 Å². The van der Waals surface area contributed by atoms with Crippen molar-refractivity contribution in [2.45, 2.75) is 24.9 Å². The van der Waals surface area contributed by atoms with Crippen LogP contribution in [0, 0.1) is 6.92 Å². The van der Waals surface area contributed by atoms with Crippen LogP contribution in [-0.2, 0) is 17.9 Å². The normalized spacial score (nSPS) is 10.9. The van der Waals surface area contributed by atoms with Gasteiger partial charge < -0.3 is 19.6 Å². The van der Waals surface area contributed by atoms with E-state index in [0.717, 1.165) is 27.1 Å². The molecule has 0 saturated heterocycles. The zero-order chi connectivity index (χ0) is 22.3. The lowest BCUT2D eigenvalue weighted by atomic mass is 10.1. The Morgan fingerprint density at radius 1 is 1.00 bits per heavy atom. The highest BCUT2D eigenvalue weighted by atomic mass is 32.2. The van der Waals surface area contributed by atoms with E-state index in [1.807, 2.05) is 49.4 Å². The van der Waals surface area contributed by atoms with Crippen molar-refractivity contribution in [3.8, 4) is 0 Å². The highest BCUT2D eigenvalue weighted by Gasteiger charge is 2.12. The molecule has 0 bridgehead atoms. The van der Waals surface area contributed by atoms with Gasteiger partial charge in [0.1, 0.15) is 5.76 Å². The molecule has 0 aliphatic heterocycles. The molecule has 2 N–H and O–H groups in total. The molecule has 2 aromatic carbocycles. The Labute approximate surface area is 191 Å². The third kappa shape index (κ3) is 5.23. The maximum Gasteiger partial charge on any atom is 0.251 e. The molecule has 2 aromatic heterocycles. The van der Waals surface area contributed by atoms with Crippen LogP contribution in [0.1, 0.15) is 21.7 Å². The third-order valence-corrected chi connectivity index (χ3v) is 6.22. The standard InChI is InChI=1S/C25H25N3O3S/c1-18-7-2-3-9-20(18)25(30)26-12-13-28-16-23(21-10-4-5-11-22(21)28)32-17-24(29)27-15-19-8-6-14-31-19/h2-11,14,16H,12-13,15,17H2,1H3,(H,26,30)(H,27,29). The van der Waals surface area contributed by atoms with E-state index in [-0.39, 0.29) is 11.8 Å². The fourth-order valence-corrected chi connectivity index (χ4v) is 4.44. The minimum atomic E-state index is -0.0672. The molecule has 2 amide bonds. The van der Waals surface area contributed by atoms with E-state index in [1.165, 1.54) is 11.8 Å². The van der Waals surface area contributed by atoms with Gasteiger partial charge in [-0.25, -0.2) is 0 Å². The van der Waals surface area contributed by atoms with Gasteiger partial charge in [0.25, 0.3) is 5.91 Å². The molecule has 32 heavy (non-hydrogen) atoms. The number of thioether (sulfide) groups is 1. The number of aryl methyl sites for hydroxylation is 1. The molecule has 6 nitrogen and oxygen atoms in total. The summed E-state index contributed by atoms with van der Waals surface area (Å²) in [6.07, 6.45) is 3.64. The van der Waals surface area contributed by atoms with E-state index in [9.17, 15) is 9.59 Å². The van der Waals surface area contributed by atoms with Gasteiger partial charge >= 0.3 is 0 Å². The van der Waals surface area contributed by atoms with Crippen molar-refractivity contribution in [3.63, 3.8) is 0 Å². The van der Waals surface area contributed by atoms with Crippen molar-refractivity contribution in [1.82, 2.24) is 15.2 Å². The van der Waals surface area contributed by atoms with Crippen LogP contribution in [0.5, 0.6) is 0 Å². The van der Waals surface area contributed by atoms with Gasteiger partial charge in [-0.15, -0.1) is 11.8 Å². The minimum absolute atomic E-state index is 0.0475. The summed E-state index contributed by atoms with van der Waals surface area (Å²) in [4.78, 5) is 25.7. The van der Waals surface area contributed by atoms with Crippen LogP contribution in [0.25, 0.3) is 10.9 Å². The van der Waals surface area contributed by atoms with E-state index in [2.05, 4.69) is 33.5 Å². The number of nitrogens with one attached hydrogen (secondary N) is 2. The first-order chi connectivity index (χ1) is 15.6. The molecule has 2 heterocycles. The van der Waals surface area contributed by atoms with Crippen molar-refractivity contribution in [3.05, 3.63) is 90.0 Å². The lowest BCUT2D eigenvalue weighted by Crippen LogP contribution is -2.27. The van der Waals surface area contributed by atoms with Crippen LogP contribution < -0.4 is 10.6 Å². The van der Waals surface area contributed by atoms with Gasteiger partial charge in [0.15, 0.2) is 0 Å². The molecule has 164 valence electrons. The van der Waals surface area contributed by atoms with Gasteiger partial charge in [0.05, 0.1) is 18.6 Å². The fraction of sp³-hybridized carbons (Fsp3) is 0.200. The lowest BCUT2D eigenvalue weighted by molar-refractivity contribution is -0.118. The van der Waals surface area contributed by atoms with Gasteiger partial charge in [0, 0.05) is 40.6 Å². The van der Waals surface area contributed by atoms with E-state index in [4.69, 9.17) is 4.42 Å². The summed E-state index contributed by atoms with van der Waals surface area (Å²) in [7, 11) is 0. The summed E-state index contributed by atoms with van der Waals surface area (Å²) in [5, 5.41) is 6.97. The Bertz CT molecular complexity index is 1210. The van der Waals surface area contributed by atoms with Crippen molar-refractivity contribution in [1.29, 1.82) is 0 Å². The molecule has 0 fully saturated rings. The number of carbonyl (C=O) groups is 2. The number of aromatic nitrogens is 1. The Morgan fingerprint density at radius 3 is 2.62 bits per heavy atom. The molecule has 0 aliphatic carbocycles. The Kier molecular flexibility index (Phi) is 6.97. The van der Waals surface area contributed by atoms with Crippen LogP contribution in [0.4, 0.5) is 0 Å². The predicted octanol–water partition coefficient (Wildman–Crippen LogP) is 4.38. The lowest BCUT2D eigenvalue weighted by Gasteiger charge is -2.09. The Hall–Kier alpha value is -3.45. The van der Waals surface area contributed by atoms with Crippen LogP contribution in [-0.4, -0.2) is 28.7 Å². The van der Waals surface area contributed by atoms with Crippen LogP contribution in [0.3, 0.4) is 0 Å². The number of para-hydroxylation sites is 1. The molecule has 7 heteroatoms. The van der Waals surface area contributed by atoms with Crippen LogP contribution in [0.15, 0.2) is 82.4 Å². The maximum absolute atomic E-state index is 12.5. The van der Waals surface area contributed by atoms with Gasteiger partial charge in [-0.2, -0.15) is 0 Å². The number of hydrogen-bond acceptors (Lipinski definition) is 4. The Morgan fingerprint density at radius 2 is 1.81 bits per heavy atom. The third-order valence-electron chi connectivity index (χ3n) is 5.18. The molecule has 4 rings (SSSR count). The number of nitrogens with zero attached hydrogens (tertiary/aromatic N) is 1. The second kappa shape index (κ2) is 10.2. The largest absolute Gasteiger partial charge is 0.467 e. The molecule has 0 spiro atoms. The second-order valence-corrected chi connectivity index (χ2v) is 8.44. The molecule has 0 atom stereocenters. The quantitative estimate of drug-likeness (QED) is 0.373. The minimum Gasteiger partial charge on any atom is -0.467 e. The highest BCUT2D eigenvalue weighted by molar-refractivity contribution is 8.00. The first kappa shape index (κ1) is 21.8. The zero-order valence-electron chi connectivity index (χ0n) is 17.8. The highest BCUT2D eigenvalue weighted by Crippen LogP contribution is 2.29. The van der Waals surface area contributed by atoms with Gasteiger partial charge in [-0.1, -0.05) is 36.4 Å². The molecular weight excluding hydrogens is 422 g/mol. The molecule has 0 unspecified atom stereocenters. The molecule has 0 saturated carbocycles. The van der Waals surface area contributed by atoms with Crippen molar-refractivity contribution in [2.24, 2.45) is 0 Å². The van der Waals surface area contributed by atoms with Crippen LogP contribution >= 0.6 is 11.8 Å². The van der Waals surface area contributed by atoms with Crippen molar-refractivity contribution < 1.29 is 14.0 Å². The van der Waals surface area contributed by atoms with E-state index < -0.39 is 0 Å². The fourth-order valence-electron chi connectivity index (χ4n) is 3.52. The number of benzene rings is 2. The summed E-state index contributed by atoms with van der Waals surface area (Å²) in [5.74, 6) is 0.933. The smallest absolute Gasteiger partial charge is 0.251 e. The predicted molar refractivity (Wildman–Crippen MR) is 127 cm³/mol. The van der Waals surface area contributed by atoms with Crippen LogP contribution in [0.2, 0.25) is 0 Å². The molecule has 0 radical (unpaired) electrons.